The molecule has 182 valence electrons. The van der Waals surface area contributed by atoms with Crippen LogP contribution in [0, 0.1) is 5.92 Å². The molecule has 0 atom stereocenters. The average molecular weight is 494 g/mol. The Bertz CT molecular complexity index is 996. The molecule has 0 aromatic heterocycles. The molecule has 0 aliphatic carbocycles. The van der Waals surface area contributed by atoms with Crippen molar-refractivity contribution in [2.75, 3.05) is 39.3 Å². The predicted molar refractivity (Wildman–Crippen MR) is 123 cm³/mol. The quantitative estimate of drug-likeness (QED) is 0.627. The summed E-state index contributed by atoms with van der Waals surface area (Å²) in [6.07, 6.45) is -3.04. The number of benzene rings is 2. The number of rotatable bonds is 4. The molecule has 2 heterocycles. The lowest BCUT2D eigenvalue weighted by molar-refractivity contribution is -0.139. The highest BCUT2D eigenvalue weighted by atomic mass is 35.5. The molecular formula is C25H27ClF3N3O2. The lowest BCUT2D eigenvalue weighted by Gasteiger charge is -2.38. The number of piperazine rings is 1. The number of carbonyl (C=O) groups is 2. The van der Waals surface area contributed by atoms with Crippen molar-refractivity contribution in [2.45, 2.75) is 25.6 Å². The first-order valence-corrected chi connectivity index (χ1v) is 11.8. The summed E-state index contributed by atoms with van der Waals surface area (Å²) in [5, 5.41) is 0.584. The second kappa shape index (κ2) is 10.4. The summed E-state index contributed by atoms with van der Waals surface area (Å²) in [4.78, 5) is 31.5. The van der Waals surface area contributed by atoms with Crippen molar-refractivity contribution in [3.8, 4) is 0 Å². The van der Waals surface area contributed by atoms with Crippen LogP contribution in [0.3, 0.4) is 0 Å². The Hall–Kier alpha value is -2.58. The summed E-state index contributed by atoms with van der Waals surface area (Å²) in [6, 6.07) is 12.1. The molecule has 2 fully saturated rings. The molecule has 2 aliphatic rings. The van der Waals surface area contributed by atoms with Crippen molar-refractivity contribution in [3.63, 3.8) is 0 Å². The number of nitrogens with zero attached hydrogens (tertiary/aromatic N) is 3. The van der Waals surface area contributed by atoms with E-state index < -0.39 is 11.7 Å². The summed E-state index contributed by atoms with van der Waals surface area (Å²) in [6.45, 7) is 4.22. The summed E-state index contributed by atoms with van der Waals surface area (Å²) in [5.74, 6) is 0.00273. The first-order valence-electron chi connectivity index (χ1n) is 11.4. The molecule has 2 aliphatic heterocycles. The van der Waals surface area contributed by atoms with Gasteiger partial charge in [0.15, 0.2) is 0 Å². The number of halogens is 4. The molecule has 0 radical (unpaired) electrons. The lowest BCUT2D eigenvalue weighted by Crippen LogP contribution is -2.51. The molecule has 0 saturated carbocycles. The van der Waals surface area contributed by atoms with Gasteiger partial charge in [-0.25, -0.2) is 0 Å². The number of hydrogen-bond donors (Lipinski definition) is 0. The first kappa shape index (κ1) is 24.5. The standard InChI is InChI=1S/C25H27ClF3N3O2/c26-22-7-3-19(4-8-22)23(33)31-11-9-20(10-12-31)24(34)32-15-13-30(14-16-32)17-18-1-5-21(6-2-18)25(27,28)29/h1-8,20H,9-17H2. The third-order valence-electron chi connectivity index (χ3n) is 6.59. The van der Waals surface area contributed by atoms with Gasteiger partial charge in [0, 0.05) is 62.3 Å². The summed E-state index contributed by atoms with van der Waals surface area (Å²) in [7, 11) is 0. The summed E-state index contributed by atoms with van der Waals surface area (Å²) in [5.41, 5.74) is 0.774. The van der Waals surface area contributed by atoms with Crippen molar-refractivity contribution in [1.29, 1.82) is 0 Å². The Labute approximate surface area is 202 Å². The van der Waals surface area contributed by atoms with Crippen LogP contribution in [0.4, 0.5) is 13.2 Å². The van der Waals surface area contributed by atoms with Gasteiger partial charge in [-0.2, -0.15) is 13.2 Å². The van der Waals surface area contributed by atoms with E-state index in [1.165, 1.54) is 12.1 Å². The van der Waals surface area contributed by atoms with E-state index in [1.807, 2.05) is 4.90 Å². The molecule has 4 rings (SSSR count). The molecule has 0 unspecified atom stereocenters. The van der Waals surface area contributed by atoms with Crippen molar-refractivity contribution >= 4 is 23.4 Å². The fourth-order valence-corrected chi connectivity index (χ4v) is 4.67. The van der Waals surface area contributed by atoms with Gasteiger partial charge in [-0.3, -0.25) is 14.5 Å². The maximum absolute atomic E-state index is 13.0. The molecule has 5 nitrogen and oxygen atoms in total. The van der Waals surface area contributed by atoms with Crippen LogP contribution in [0.5, 0.6) is 0 Å². The van der Waals surface area contributed by atoms with Crippen LogP contribution >= 0.6 is 11.6 Å². The van der Waals surface area contributed by atoms with Gasteiger partial charge in [-0.15, -0.1) is 0 Å². The minimum atomic E-state index is -4.33. The number of piperidine rings is 1. The van der Waals surface area contributed by atoms with Gasteiger partial charge >= 0.3 is 6.18 Å². The van der Waals surface area contributed by atoms with Crippen LogP contribution in [-0.4, -0.2) is 65.8 Å². The zero-order chi connectivity index (χ0) is 24.3. The molecule has 0 spiro atoms. The smallest absolute Gasteiger partial charge is 0.340 e. The molecule has 2 saturated heterocycles. The number of likely N-dealkylation sites (tertiary alicyclic amines) is 1. The Morgan fingerprint density at radius 2 is 1.41 bits per heavy atom. The van der Waals surface area contributed by atoms with Gasteiger partial charge in [-0.05, 0) is 54.8 Å². The van der Waals surface area contributed by atoms with Crippen molar-refractivity contribution in [2.24, 2.45) is 5.92 Å². The Balaban J connectivity index is 1.22. The Kier molecular flexibility index (Phi) is 7.48. The molecule has 34 heavy (non-hydrogen) atoms. The summed E-state index contributed by atoms with van der Waals surface area (Å²) < 4.78 is 38.2. The van der Waals surface area contributed by atoms with E-state index in [0.29, 0.717) is 69.2 Å². The van der Waals surface area contributed by atoms with Crippen LogP contribution < -0.4 is 0 Å². The van der Waals surface area contributed by atoms with Gasteiger partial charge in [0.05, 0.1) is 5.56 Å². The predicted octanol–water partition coefficient (Wildman–Crippen LogP) is 4.56. The first-order chi connectivity index (χ1) is 16.2. The monoisotopic (exact) mass is 493 g/mol. The van der Waals surface area contributed by atoms with Crippen molar-refractivity contribution < 1.29 is 22.8 Å². The van der Waals surface area contributed by atoms with Crippen molar-refractivity contribution in [1.82, 2.24) is 14.7 Å². The number of carbonyl (C=O) groups excluding carboxylic acids is 2. The Morgan fingerprint density at radius 3 is 1.97 bits per heavy atom. The van der Waals surface area contributed by atoms with Crippen LogP contribution in [0.15, 0.2) is 48.5 Å². The van der Waals surface area contributed by atoms with E-state index in [1.54, 1.807) is 29.2 Å². The van der Waals surface area contributed by atoms with Crippen LogP contribution in [0.25, 0.3) is 0 Å². The van der Waals surface area contributed by atoms with Crippen LogP contribution in [-0.2, 0) is 17.5 Å². The second-order valence-electron chi connectivity index (χ2n) is 8.87. The normalized spacial score (nSPS) is 18.2. The molecule has 2 amide bonds. The molecule has 2 aromatic carbocycles. The van der Waals surface area contributed by atoms with E-state index >= 15 is 0 Å². The van der Waals surface area contributed by atoms with Gasteiger partial charge in [0.1, 0.15) is 0 Å². The largest absolute Gasteiger partial charge is 0.416 e. The number of hydrogen-bond acceptors (Lipinski definition) is 3. The summed E-state index contributed by atoms with van der Waals surface area (Å²) >= 11 is 5.89. The van der Waals surface area contributed by atoms with Crippen molar-refractivity contribution in [3.05, 3.63) is 70.2 Å². The second-order valence-corrected chi connectivity index (χ2v) is 9.31. The molecule has 2 aromatic rings. The number of amides is 2. The maximum Gasteiger partial charge on any atom is 0.416 e. The minimum Gasteiger partial charge on any atom is -0.340 e. The van der Waals surface area contributed by atoms with Gasteiger partial charge in [0.25, 0.3) is 5.91 Å². The van der Waals surface area contributed by atoms with E-state index in [-0.39, 0.29) is 17.7 Å². The molecule has 9 heteroatoms. The van der Waals surface area contributed by atoms with E-state index in [4.69, 9.17) is 11.6 Å². The molecule has 0 N–H and O–H groups in total. The van der Waals surface area contributed by atoms with Gasteiger partial charge in [0.2, 0.25) is 5.91 Å². The third-order valence-corrected chi connectivity index (χ3v) is 6.85. The highest BCUT2D eigenvalue weighted by Crippen LogP contribution is 2.29. The van der Waals surface area contributed by atoms with E-state index in [0.717, 1.165) is 17.7 Å². The minimum absolute atomic E-state index is 0.0422. The highest BCUT2D eigenvalue weighted by Gasteiger charge is 2.32. The van der Waals surface area contributed by atoms with Crippen LogP contribution in [0.2, 0.25) is 5.02 Å². The third kappa shape index (κ3) is 5.91. The topological polar surface area (TPSA) is 43.9 Å². The number of alkyl halides is 3. The van der Waals surface area contributed by atoms with Gasteiger partial charge in [-0.1, -0.05) is 23.7 Å². The molecular weight excluding hydrogens is 467 g/mol. The Morgan fingerprint density at radius 1 is 0.824 bits per heavy atom. The highest BCUT2D eigenvalue weighted by molar-refractivity contribution is 6.30. The van der Waals surface area contributed by atoms with Crippen LogP contribution in [0.1, 0.15) is 34.3 Å². The van der Waals surface area contributed by atoms with Gasteiger partial charge < -0.3 is 9.80 Å². The van der Waals surface area contributed by atoms with E-state index in [2.05, 4.69) is 4.90 Å². The zero-order valence-corrected chi connectivity index (χ0v) is 19.5. The fraction of sp³-hybridized carbons (Fsp3) is 0.440. The SMILES string of the molecule is O=C(c1ccc(Cl)cc1)N1CCC(C(=O)N2CCN(Cc3ccc(C(F)(F)F)cc3)CC2)CC1. The zero-order valence-electron chi connectivity index (χ0n) is 18.7. The van der Waals surface area contributed by atoms with E-state index in [9.17, 15) is 22.8 Å². The lowest BCUT2D eigenvalue weighted by atomic mass is 9.94. The fourth-order valence-electron chi connectivity index (χ4n) is 4.55. The molecule has 0 bridgehead atoms. The average Bonchev–Trinajstić information content (AvgIpc) is 2.84. The maximum atomic E-state index is 13.0.